The van der Waals surface area contributed by atoms with Crippen molar-refractivity contribution in [3.8, 4) is 11.3 Å². The second-order valence-corrected chi connectivity index (χ2v) is 7.35. The Kier molecular flexibility index (Phi) is 4.68. The number of rotatable bonds is 3. The Morgan fingerprint density at radius 2 is 1.89 bits per heavy atom. The molecule has 0 saturated carbocycles. The molecule has 1 amide bonds. The minimum Gasteiger partial charge on any atom is -0.360 e. The van der Waals surface area contributed by atoms with Gasteiger partial charge in [-0.3, -0.25) is 4.79 Å². The summed E-state index contributed by atoms with van der Waals surface area (Å²) < 4.78 is 5.88. The summed E-state index contributed by atoms with van der Waals surface area (Å²) in [6, 6.07) is 16.4. The van der Waals surface area contributed by atoms with Crippen LogP contribution in [-0.4, -0.2) is 16.0 Å². The van der Waals surface area contributed by atoms with Crippen LogP contribution in [0.1, 0.15) is 16.1 Å². The van der Waals surface area contributed by atoms with Gasteiger partial charge in [-0.05, 0) is 43.3 Å². The molecule has 1 N–H and O–H groups in total. The third-order valence-corrected chi connectivity index (χ3v) is 4.77. The largest absolute Gasteiger partial charge is 0.360 e. The fourth-order valence-corrected chi connectivity index (χ4v) is 3.25. The lowest BCUT2D eigenvalue weighted by Gasteiger charge is -2.10. The van der Waals surface area contributed by atoms with Gasteiger partial charge >= 0.3 is 0 Å². The van der Waals surface area contributed by atoms with Crippen molar-refractivity contribution in [3.63, 3.8) is 0 Å². The van der Waals surface area contributed by atoms with Gasteiger partial charge in [0.25, 0.3) is 5.91 Å². The predicted octanol–water partition coefficient (Wildman–Crippen LogP) is 5.87. The van der Waals surface area contributed by atoms with Gasteiger partial charge < -0.3 is 9.84 Å². The fourth-order valence-electron chi connectivity index (χ4n) is 2.76. The van der Waals surface area contributed by atoms with E-state index in [1.165, 1.54) is 0 Å². The second-order valence-electron chi connectivity index (χ2n) is 6.00. The summed E-state index contributed by atoms with van der Waals surface area (Å²) in [5.74, 6) is 0.698. The number of hydrogen-bond donors (Lipinski definition) is 1. The van der Waals surface area contributed by atoms with Gasteiger partial charge in [0, 0.05) is 26.5 Å². The third kappa shape index (κ3) is 3.72. The van der Waals surface area contributed by atoms with E-state index in [4.69, 9.17) is 21.1 Å². The summed E-state index contributed by atoms with van der Waals surface area (Å²) in [7, 11) is 0. The molecule has 0 bridgehead atoms. The molecule has 0 saturated heterocycles. The highest BCUT2D eigenvalue weighted by Gasteiger charge is 2.16. The van der Waals surface area contributed by atoms with Crippen molar-refractivity contribution in [2.24, 2.45) is 0 Å². The molecule has 2 aromatic carbocycles. The molecule has 7 heteroatoms. The maximum atomic E-state index is 12.9. The third-order valence-electron chi connectivity index (χ3n) is 4.02. The smallest absolute Gasteiger partial charge is 0.257 e. The lowest BCUT2D eigenvalue weighted by Crippen LogP contribution is -2.13. The number of anilines is 1. The molecule has 134 valence electrons. The summed E-state index contributed by atoms with van der Waals surface area (Å²) in [6.45, 7) is 1.76. The first-order valence-corrected chi connectivity index (χ1v) is 9.27. The monoisotopic (exact) mass is 441 g/mol. The lowest BCUT2D eigenvalue weighted by molar-refractivity contribution is 0.102. The molecule has 0 atom stereocenters. The zero-order chi connectivity index (χ0) is 19.0. The number of pyridine rings is 1. The highest BCUT2D eigenvalue weighted by molar-refractivity contribution is 9.10. The van der Waals surface area contributed by atoms with E-state index in [-0.39, 0.29) is 5.91 Å². The number of halogens is 2. The maximum absolute atomic E-state index is 12.9. The van der Waals surface area contributed by atoms with Crippen molar-refractivity contribution in [2.45, 2.75) is 6.92 Å². The Morgan fingerprint density at radius 1 is 1.11 bits per heavy atom. The molecule has 2 heterocycles. The Balaban J connectivity index is 1.84. The summed E-state index contributed by atoms with van der Waals surface area (Å²) in [5.41, 5.74) is 2.76. The van der Waals surface area contributed by atoms with Crippen LogP contribution in [0.3, 0.4) is 0 Å². The van der Waals surface area contributed by atoms with Crippen LogP contribution in [0.4, 0.5) is 5.82 Å². The van der Waals surface area contributed by atoms with Crippen molar-refractivity contribution in [1.82, 2.24) is 10.1 Å². The number of nitrogens with zero attached hydrogens (tertiary/aromatic N) is 2. The van der Waals surface area contributed by atoms with Crippen LogP contribution in [0.2, 0.25) is 5.02 Å². The minimum absolute atomic E-state index is 0.288. The van der Waals surface area contributed by atoms with Crippen LogP contribution >= 0.6 is 27.5 Å². The van der Waals surface area contributed by atoms with E-state index in [0.29, 0.717) is 33.4 Å². The number of fused-ring (bicyclic) bond motifs is 1. The van der Waals surface area contributed by atoms with Crippen LogP contribution < -0.4 is 5.32 Å². The van der Waals surface area contributed by atoms with Crippen molar-refractivity contribution in [2.75, 3.05) is 5.32 Å². The fraction of sp³-hybridized carbons (Fsp3) is 0.0500. The Hall–Kier alpha value is -2.70. The maximum Gasteiger partial charge on any atom is 0.257 e. The molecule has 27 heavy (non-hydrogen) atoms. The molecule has 4 rings (SSSR count). The number of aryl methyl sites for hydroxylation is 1. The van der Waals surface area contributed by atoms with Crippen LogP contribution in [0.15, 0.2) is 63.6 Å². The van der Waals surface area contributed by atoms with Gasteiger partial charge in [0.1, 0.15) is 5.76 Å². The first-order valence-electron chi connectivity index (χ1n) is 8.10. The normalized spacial score (nSPS) is 10.9. The molecule has 0 aliphatic heterocycles. The van der Waals surface area contributed by atoms with Crippen molar-refractivity contribution in [3.05, 3.63) is 75.4 Å². The average molecular weight is 443 g/mol. The zero-order valence-corrected chi connectivity index (χ0v) is 16.5. The first kappa shape index (κ1) is 17.7. The quantitative estimate of drug-likeness (QED) is 0.431. The summed E-state index contributed by atoms with van der Waals surface area (Å²) >= 11 is 9.44. The van der Waals surface area contributed by atoms with Gasteiger partial charge in [-0.15, -0.1) is 0 Å². The zero-order valence-electron chi connectivity index (χ0n) is 14.2. The van der Waals surface area contributed by atoms with Crippen molar-refractivity contribution in [1.29, 1.82) is 0 Å². The molecule has 4 aromatic rings. The Morgan fingerprint density at radius 3 is 2.59 bits per heavy atom. The van der Waals surface area contributed by atoms with Crippen LogP contribution in [0, 0.1) is 6.92 Å². The van der Waals surface area contributed by atoms with Crippen LogP contribution in [-0.2, 0) is 0 Å². The van der Waals surface area contributed by atoms with Gasteiger partial charge in [-0.25, -0.2) is 4.98 Å². The molecule has 0 aliphatic carbocycles. The van der Waals surface area contributed by atoms with E-state index in [1.54, 1.807) is 31.2 Å². The number of carbonyl (C=O) groups excluding carboxylic acids is 1. The molecular formula is C20H13BrClN3O2. The molecular weight excluding hydrogens is 430 g/mol. The molecule has 5 nitrogen and oxygen atoms in total. The van der Waals surface area contributed by atoms with E-state index in [9.17, 15) is 4.79 Å². The molecule has 0 aliphatic rings. The average Bonchev–Trinajstić information content (AvgIpc) is 3.06. The van der Waals surface area contributed by atoms with E-state index >= 15 is 0 Å². The highest BCUT2D eigenvalue weighted by Crippen LogP contribution is 2.28. The Labute approximate surface area is 168 Å². The van der Waals surface area contributed by atoms with Crippen molar-refractivity contribution < 1.29 is 9.32 Å². The standard InChI is InChI=1S/C20H13BrClN3O2/c1-11-8-19(25-27-11)24-20(26)16-10-18(12-2-5-14(22)6-3-12)23-17-7-4-13(21)9-15(16)17/h2-10H,1H3,(H,24,25,26). The summed E-state index contributed by atoms with van der Waals surface area (Å²) in [5, 5.41) is 7.97. The van der Waals surface area contributed by atoms with Gasteiger partial charge in [0.2, 0.25) is 0 Å². The number of amides is 1. The summed E-state index contributed by atoms with van der Waals surface area (Å²) in [6.07, 6.45) is 0. The van der Waals surface area contributed by atoms with Crippen LogP contribution in [0.25, 0.3) is 22.2 Å². The highest BCUT2D eigenvalue weighted by atomic mass is 79.9. The first-order chi connectivity index (χ1) is 13.0. The number of hydrogen-bond acceptors (Lipinski definition) is 4. The number of nitrogens with one attached hydrogen (secondary N) is 1. The van der Waals surface area contributed by atoms with E-state index in [1.807, 2.05) is 30.3 Å². The predicted molar refractivity (Wildman–Crippen MR) is 109 cm³/mol. The van der Waals surface area contributed by atoms with Gasteiger partial charge in [0.05, 0.1) is 16.8 Å². The van der Waals surface area contributed by atoms with Gasteiger partial charge in [-0.1, -0.05) is 44.8 Å². The topological polar surface area (TPSA) is 68.0 Å². The van der Waals surface area contributed by atoms with Crippen molar-refractivity contribution >= 4 is 50.2 Å². The molecule has 0 unspecified atom stereocenters. The molecule has 0 fully saturated rings. The van der Waals surface area contributed by atoms with Crippen LogP contribution in [0.5, 0.6) is 0 Å². The SMILES string of the molecule is Cc1cc(NC(=O)c2cc(-c3ccc(Cl)cc3)nc3ccc(Br)cc23)no1. The van der Waals surface area contributed by atoms with E-state index in [0.717, 1.165) is 15.4 Å². The van der Waals surface area contributed by atoms with E-state index in [2.05, 4.69) is 26.4 Å². The molecule has 0 spiro atoms. The molecule has 2 aromatic heterocycles. The Bertz CT molecular complexity index is 1160. The summed E-state index contributed by atoms with van der Waals surface area (Å²) in [4.78, 5) is 17.6. The van der Waals surface area contributed by atoms with Gasteiger partial charge in [-0.2, -0.15) is 0 Å². The molecule has 0 radical (unpaired) electrons. The second kappa shape index (κ2) is 7.13. The number of benzene rings is 2. The van der Waals surface area contributed by atoms with E-state index < -0.39 is 0 Å². The lowest BCUT2D eigenvalue weighted by atomic mass is 10.0. The van der Waals surface area contributed by atoms with Gasteiger partial charge in [0.15, 0.2) is 5.82 Å². The number of carbonyl (C=O) groups is 1. The minimum atomic E-state index is -0.288. The number of aromatic nitrogens is 2.